The van der Waals surface area contributed by atoms with E-state index in [2.05, 4.69) is 6.57 Å². The van der Waals surface area contributed by atoms with Crippen molar-refractivity contribution < 1.29 is 10.2 Å². The predicted octanol–water partition coefficient (Wildman–Crippen LogP) is 1.24. The van der Waals surface area contributed by atoms with Gasteiger partial charge in [-0.15, -0.1) is 0 Å². The van der Waals surface area contributed by atoms with Gasteiger partial charge >= 0.3 is 0 Å². The van der Waals surface area contributed by atoms with E-state index in [1.807, 2.05) is 0 Å². The third kappa shape index (κ3) is 2.58. The molecular formula is C7H7NO2. The molecule has 2 N–H and O–H groups in total. The second-order valence-corrected chi connectivity index (χ2v) is 1.52. The van der Waals surface area contributed by atoms with E-state index in [1.165, 1.54) is 24.3 Å². The Labute approximate surface area is 58.8 Å². The van der Waals surface area contributed by atoms with Gasteiger partial charge < -0.3 is 10.2 Å². The van der Waals surface area contributed by atoms with Gasteiger partial charge in [-0.25, -0.2) is 5.26 Å². The summed E-state index contributed by atoms with van der Waals surface area (Å²) in [5.74, 6) is 0.339. The molecule has 10 heavy (non-hydrogen) atoms. The van der Waals surface area contributed by atoms with Crippen molar-refractivity contribution in [3.8, 4) is 18.1 Å². The van der Waals surface area contributed by atoms with Gasteiger partial charge in [0.1, 0.15) is 11.5 Å². The minimum Gasteiger partial charge on any atom is -0.508 e. The molecule has 3 nitrogen and oxygen atoms in total. The van der Waals surface area contributed by atoms with Crippen LogP contribution < -0.4 is 0 Å². The Hall–Kier alpha value is -1.69. The van der Waals surface area contributed by atoms with Crippen LogP contribution in [0.15, 0.2) is 24.3 Å². The van der Waals surface area contributed by atoms with Crippen LogP contribution in [0.5, 0.6) is 11.5 Å². The molecule has 0 heterocycles. The van der Waals surface area contributed by atoms with E-state index in [1.54, 1.807) is 0 Å². The molecule has 0 unspecified atom stereocenters. The zero-order chi connectivity index (χ0) is 7.98. The Morgan fingerprint density at radius 3 is 1.30 bits per heavy atom. The Kier molecular flexibility index (Phi) is 3.50. The molecule has 0 saturated heterocycles. The van der Waals surface area contributed by atoms with Crippen molar-refractivity contribution in [2.45, 2.75) is 0 Å². The minimum atomic E-state index is 0.169. The molecule has 0 amide bonds. The van der Waals surface area contributed by atoms with Crippen LogP contribution in [0.1, 0.15) is 0 Å². The summed E-state index contributed by atoms with van der Waals surface area (Å²) in [6.45, 7) is 3.50. The van der Waals surface area contributed by atoms with Crippen molar-refractivity contribution in [1.29, 1.82) is 5.26 Å². The third-order valence-electron chi connectivity index (χ3n) is 0.850. The van der Waals surface area contributed by atoms with E-state index < -0.39 is 0 Å². The van der Waals surface area contributed by atoms with Crippen LogP contribution in [-0.2, 0) is 0 Å². The van der Waals surface area contributed by atoms with Gasteiger partial charge in [-0.1, -0.05) is 0 Å². The second-order valence-electron chi connectivity index (χ2n) is 1.52. The van der Waals surface area contributed by atoms with Crippen LogP contribution in [0.4, 0.5) is 0 Å². The molecule has 3 heteroatoms. The topological polar surface area (TPSA) is 64.2 Å². The van der Waals surface area contributed by atoms with E-state index in [0.29, 0.717) is 0 Å². The number of phenolic OH excluding ortho intramolecular Hbond substituents is 2. The average Bonchev–Trinajstić information content (AvgIpc) is 2.00. The fraction of sp³-hybridized carbons (Fsp3) is 0. The van der Waals surface area contributed by atoms with Gasteiger partial charge in [0.25, 0.3) is 0 Å². The molecule has 0 aromatic heterocycles. The van der Waals surface area contributed by atoms with Crippen LogP contribution in [-0.4, -0.2) is 10.2 Å². The smallest absolute Gasteiger partial charge is 0.115 e. The lowest BCUT2D eigenvalue weighted by atomic mass is 10.3. The number of aromatic hydroxyl groups is 2. The van der Waals surface area contributed by atoms with Gasteiger partial charge in [-0.2, -0.15) is 0 Å². The van der Waals surface area contributed by atoms with Crippen molar-refractivity contribution in [2.24, 2.45) is 0 Å². The molecule has 0 spiro atoms. The summed E-state index contributed by atoms with van der Waals surface area (Å²) in [4.78, 5) is 0. The highest BCUT2D eigenvalue weighted by Crippen LogP contribution is 2.13. The maximum atomic E-state index is 8.65. The van der Waals surface area contributed by atoms with Crippen molar-refractivity contribution >= 4 is 0 Å². The fourth-order valence-corrected chi connectivity index (χ4v) is 0.453. The van der Waals surface area contributed by atoms with Crippen LogP contribution in [0, 0.1) is 11.8 Å². The molecule has 1 rings (SSSR count). The van der Waals surface area contributed by atoms with Crippen LogP contribution in [0.2, 0.25) is 0 Å². The maximum Gasteiger partial charge on any atom is 0.115 e. The fourth-order valence-electron chi connectivity index (χ4n) is 0.453. The number of benzene rings is 1. The normalized spacial score (nSPS) is 7.40. The van der Waals surface area contributed by atoms with Gasteiger partial charge in [-0.3, -0.25) is 0 Å². The van der Waals surface area contributed by atoms with E-state index in [0.717, 1.165) is 0 Å². The van der Waals surface area contributed by atoms with Crippen molar-refractivity contribution in [3.63, 3.8) is 0 Å². The molecule has 0 bridgehead atoms. The first-order valence-electron chi connectivity index (χ1n) is 2.53. The lowest BCUT2D eigenvalue weighted by molar-refractivity contribution is 0.460. The summed E-state index contributed by atoms with van der Waals surface area (Å²) < 4.78 is 0. The average molecular weight is 137 g/mol. The Morgan fingerprint density at radius 1 is 0.900 bits per heavy atom. The van der Waals surface area contributed by atoms with Gasteiger partial charge in [0.15, 0.2) is 0 Å². The second kappa shape index (κ2) is 4.21. The van der Waals surface area contributed by atoms with Crippen LogP contribution in [0.25, 0.3) is 0 Å². The molecule has 0 aliphatic rings. The van der Waals surface area contributed by atoms with Crippen molar-refractivity contribution in [3.05, 3.63) is 24.3 Å². The van der Waals surface area contributed by atoms with E-state index in [4.69, 9.17) is 15.5 Å². The first kappa shape index (κ1) is 8.31. The maximum absolute atomic E-state index is 8.65. The molecule has 0 aliphatic carbocycles. The third-order valence-corrected chi connectivity index (χ3v) is 0.850. The SMILES string of the molecule is C#N.Oc1ccc(O)cc1. The summed E-state index contributed by atoms with van der Waals surface area (Å²) in [6.07, 6.45) is 0. The summed E-state index contributed by atoms with van der Waals surface area (Å²) >= 11 is 0. The van der Waals surface area contributed by atoms with Crippen molar-refractivity contribution in [1.82, 2.24) is 0 Å². The molecule has 1 aromatic rings. The lowest BCUT2D eigenvalue weighted by Crippen LogP contribution is -1.61. The zero-order valence-electron chi connectivity index (χ0n) is 5.23. The summed E-state index contributed by atoms with van der Waals surface area (Å²) in [6, 6.07) is 5.70. The highest BCUT2D eigenvalue weighted by Gasteiger charge is 1.84. The number of hydrogen-bond donors (Lipinski definition) is 2. The van der Waals surface area contributed by atoms with E-state index in [9.17, 15) is 0 Å². The molecular weight excluding hydrogens is 130 g/mol. The summed E-state index contributed by atoms with van der Waals surface area (Å²) in [5, 5.41) is 23.8. The molecule has 52 valence electrons. The largest absolute Gasteiger partial charge is 0.508 e. The van der Waals surface area contributed by atoms with Gasteiger partial charge in [0.2, 0.25) is 0 Å². The van der Waals surface area contributed by atoms with E-state index >= 15 is 0 Å². The number of phenols is 2. The molecule has 0 saturated carbocycles. The Balaban J connectivity index is 0.000000371. The number of nitrogens with zero attached hydrogens (tertiary/aromatic N) is 1. The lowest BCUT2D eigenvalue weighted by Gasteiger charge is -1.88. The number of hydrogen-bond acceptors (Lipinski definition) is 3. The first-order chi connectivity index (χ1) is 4.79. The zero-order valence-corrected chi connectivity index (χ0v) is 5.23. The molecule has 1 aromatic carbocycles. The number of nitriles is 1. The van der Waals surface area contributed by atoms with Crippen molar-refractivity contribution in [2.75, 3.05) is 0 Å². The first-order valence-corrected chi connectivity index (χ1v) is 2.53. The highest BCUT2D eigenvalue weighted by atomic mass is 16.3. The Morgan fingerprint density at radius 2 is 1.10 bits per heavy atom. The molecule has 0 radical (unpaired) electrons. The predicted molar refractivity (Wildman–Crippen MR) is 36.4 cm³/mol. The van der Waals surface area contributed by atoms with Gasteiger partial charge in [0, 0.05) is 6.57 Å². The van der Waals surface area contributed by atoms with E-state index in [-0.39, 0.29) is 11.5 Å². The van der Waals surface area contributed by atoms with Crippen LogP contribution >= 0.6 is 0 Å². The van der Waals surface area contributed by atoms with Gasteiger partial charge in [0.05, 0.1) is 0 Å². The number of rotatable bonds is 0. The highest BCUT2D eigenvalue weighted by molar-refractivity contribution is 5.28. The monoisotopic (exact) mass is 137 g/mol. The Bertz CT molecular complexity index is 182. The summed E-state index contributed by atoms with van der Waals surface area (Å²) in [7, 11) is 0. The molecule has 0 atom stereocenters. The van der Waals surface area contributed by atoms with Gasteiger partial charge in [-0.05, 0) is 24.3 Å². The standard InChI is InChI=1S/C6H6O2.CHN/c7-5-1-2-6(8)4-3-5;1-2/h1-4,7-8H;1H. The molecule has 0 aliphatic heterocycles. The quantitative estimate of drug-likeness (QED) is 0.528. The minimum absolute atomic E-state index is 0.169. The molecule has 0 fully saturated rings. The summed E-state index contributed by atoms with van der Waals surface area (Å²) in [5.41, 5.74) is 0. The van der Waals surface area contributed by atoms with Crippen LogP contribution in [0.3, 0.4) is 0 Å².